The fourth-order valence-corrected chi connectivity index (χ4v) is 0.256. The van der Waals surface area contributed by atoms with Gasteiger partial charge in [-0.1, -0.05) is 0 Å². The molecule has 1 aliphatic heterocycles. The summed E-state index contributed by atoms with van der Waals surface area (Å²) in [6, 6.07) is -2.58. The molecule has 0 saturated carbocycles. The Hall–Kier alpha value is -0.180. The number of nitrogens with one attached hydrogen (secondary N) is 1. The molecule has 1 fully saturated rings. The molecule has 1 saturated heterocycles. The summed E-state index contributed by atoms with van der Waals surface area (Å²) in [4.78, 5) is 0. The van der Waals surface area contributed by atoms with Gasteiger partial charge in [0, 0.05) is 13.0 Å². The number of rotatable bonds is 0. The highest BCUT2D eigenvalue weighted by atomic mass is 19.3. The molecule has 0 aromatic carbocycles. The van der Waals surface area contributed by atoms with Crippen molar-refractivity contribution in [2.24, 2.45) is 0 Å². The second-order valence-corrected chi connectivity index (χ2v) is 1.26. The predicted octanol–water partition coefficient (Wildman–Crippen LogP) is 0.734. The van der Waals surface area contributed by atoms with E-state index in [9.17, 15) is 8.78 Å². The Morgan fingerprint density at radius 3 is 2.00 bits per heavy atom. The molecule has 0 spiro atoms. The standard InChI is InChI=1S/C3H4F2N/c4-3(5)1-2-6-3/h2,6H,1H2. The number of hydrogen-bond donors (Lipinski definition) is 1. The molecule has 0 atom stereocenters. The van der Waals surface area contributed by atoms with Gasteiger partial charge >= 0.3 is 6.05 Å². The summed E-state index contributed by atoms with van der Waals surface area (Å²) in [5.41, 5.74) is 0. The molecule has 1 aliphatic rings. The third-order valence-electron chi connectivity index (χ3n) is 0.672. The van der Waals surface area contributed by atoms with E-state index in [0.29, 0.717) is 0 Å². The Bertz CT molecular complexity index is 55.8. The van der Waals surface area contributed by atoms with Gasteiger partial charge in [0.15, 0.2) is 0 Å². The summed E-state index contributed by atoms with van der Waals surface area (Å²) in [7, 11) is 0. The first-order valence-electron chi connectivity index (χ1n) is 1.68. The Labute approximate surface area is 34.3 Å². The van der Waals surface area contributed by atoms with Gasteiger partial charge in [-0.25, -0.2) is 0 Å². The van der Waals surface area contributed by atoms with E-state index in [1.165, 1.54) is 6.54 Å². The predicted molar refractivity (Wildman–Crippen MR) is 17.0 cm³/mol. The highest BCUT2D eigenvalue weighted by Crippen LogP contribution is 2.23. The van der Waals surface area contributed by atoms with Crippen LogP contribution in [0.2, 0.25) is 0 Å². The van der Waals surface area contributed by atoms with Crippen LogP contribution in [-0.4, -0.2) is 6.05 Å². The minimum absolute atomic E-state index is 0.118. The van der Waals surface area contributed by atoms with E-state index < -0.39 is 6.05 Å². The van der Waals surface area contributed by atoms with Crippen molar-refractivity contribution in [2.75, 3.05) is 0 Å². The highest BCUT2D eigenvalue weighted by Gasteiger charge is 2.35. The first-order valence-corrected chi connectivity index (χ1v) is 1.68. The minimum atomic E-state index is -2.58. The van der Waals surface area contributed by atoms with Gasteiger partial charge in [-0.3, -0.25) is 5.32 Å². The first kappa shape index (κ1) is 3.99. The molecule has 0 bridgehead atoms. The maximum atomic E-state index is 11.4. The van der Waals surface area contributed by atoms with E-state index in [4.69, 9.17) is 0 Å². The molecular formula is C3H4F2N. The van der Waals surface area contributed by atoms with Gasteiger partial charge in [-0.2, -0.15) is 8.78 Å². The summed E-state index contributed by atoms with van der Waals surface area (Å²) >= 11 is 0. The van der Waals surface area contributed by atoms with Crippen molar-refractivity contribution in [3.8, 4) is 0 Å². The lowest BCUT2D eigenvalue weighted by atomic mass is 10.2. The normalized spacial score (nSPS) is 29.0. The van der Waals surface area contributed by atoms with Crippen molar-refractivity contribution >= 4 is 0 Å². The van der Waals surface area contributed by atoms with Crippen molar-refractivity contribution in [1.29, 1.82) is 0 Å². The molecule has 1 heterocycles. The maximum absolute atomic E-state index is 11.4. The monoisotopic (exact) mass is 92.0 g/mol. The summed E-state index contributed by atoms with van der Waals surface area (Å²) in [6.07, 6.45) is -0.118. The number of hydrogen-bond acceptors (Lipinski definition) is 1. The minimum Gasteiger partial charge on any atom is -0.254 e. The average Bonchev–Trinajstić information content (AvgIpc) is 1.32. The molecule has 0 aromatic heterocycles. The molecule has 0 unspecified atom stereocenters. The molecule has 6 heavy (non-hydrogen) atoms. The molecule has 0 amide bonds. The van der Waals surface area contributed by atoms with Crippen LogP contribution in [0.5, 0.6) is 0 Å². The van der Waals surface area contributed by atoms with Gasteiger partial charge in [-0.05, 0) is 0 Å². The van der Waals surface area contributed by atoms with Crippen LogP contribution in [0.3, 0.4) is 0 Å². The maximum Gasteiger partial charge on any atom is 0.304 e. The summed E-state index contributed by atoms with van der Waals surface area (Å²) in [5.74, 6) is 0. The van der Waals surface area contributed by atoms with Crippen LogP contribution in [0.25, 0.3) is 0 Å². The number of halogens is 2. The third kappa shape index (κ3) is 0.497. The van der Waals surface area contributed by atoms with Crippen LogP contribution in [0.4, 0.5) is 8.78 Å². The van der Waals surface area contributed by atoms with Crippen molar-refractivity contribution in [3.63, 3.8) is 0 Å². The van der Waals surface area contributed by atoms with E-state index in [2.05, 4.69) is 0 Å². The molecule has 3 heteroatoms. The lowest BCUT2D eigenvalue weighted by Gasteiger charge is -2.25. The quantitative estimate of drug-likeness (QED) is 0.434. The topological polar surface area (TPSA) is 12.0 Å². The van der Waals surface area contributed by atoms with Crippen LogP contribution in [0.1, 0.15) is 6.42 Å². The molecule has 1 radical (unpaired) electrons. The summed E-state index contributed by atoms with van der Waals surface area (Å²) < 4.78 is 22.8. The van der Waals surface area contributed by atoms with Crippen molar-refractivity contribution < 1.29 is 8.78 Å². The Kier molecular flexibility index (Phi) is 0.602. The highest BCUT2D eigenvalue weighted by molar-refractivity contribution is 4.85. The largest absolute Gasteiger partial charge is 0.304 e. The van der Waals surface area contributed by atoms with Gasteiger partial charge in [0.05, 0.1) is 0 Å². The number of alkyl halides is 2. The van der Waals surface area contributed by atoms with Gasteiger partial charge in [0.1, 0.15) is 0 Å². The molecule has 1 N–H and O–H groups in total. The molecular weight excluding hydrogens is 88.0 g/mol. The van der Waals surface area contributed by atoms with Crippen molar-refractivity contribution in [2.45, 2.75) is 12.5 Å². The molecule has 1 nitrogen and oxygen atoms in total. The zero-order valence-electron chi connectivity index (χ0n) is 3.04. The van der Waals surface area contributed by atoms with Crippen LogP contribution < -0.4 is 5.32 Å². The Morgan fingerprint density at radius 2 is 2.00 bits per heavy atom. The molecule has 35 valence electrons. The van der Waals surface area contributed by atoms with E-state index in [-0.39, 0.29) is 6.42 Å². The van der Waals surface area contributed by atoms with Crippen molar-refractivity contribution in [3.05, 3.63) is 6.54 Å². The van der Waals surface area contributed by atoms with Crippen LogP contribution in [-0.2, 0) is 0 Å². The second kappa shape index (κ2) is 0.904. The fourth-order valence-electron chi connectivity index (χ4n) is 0.256. The Morgan fingerprint density at radius 1 is 1.67 bits per heavy atom. The summed E-state index contributed by atoms with van der Waals surface area (Å²) in [5, 5.41) is 1.83. The van der Waals surface area contributed by atoms with Gasteiger partial charge < -0.3 is 0 Å². The van der Waals surface area contributed by atoms with E-state index in [1.54, 1.807) is 0 Å². The molecule has 0 aliphatic carbocycles. The zero-order valence-corrected chi connectivity index (χ0v) is 3.04. The van der Waals surface area contributed by atoms with Crippen LogP contribution in [0, 0.1) is 6.54 Å². The Balaban J connectivity index is 2.31. The molecule has 1 rings (SSSR count). The van der Waals surface area contributed by atoms with E-state index in [1.807, 2.05) is 5.32 Å². The van der Waals surface area contributed by atoms with E-state index >= 15 is 0 Å². The second-order valence-electron chi connectivity index (χ2n) is 1.26. The van der Waals surface area contributed by atoms with Crippen LogP contribution >= 0.6 is 0 Å². The third-order valence-corrected chi connectivity index (χ3v) is 0.672. The fraction of sp³-hybridized carbons (Fsp3) is 0.667. The van der Waals surface area contributed by atoms with Gasteiger partial charge in [-0.15, -0.1) is 0 Å². The first-order chi connectivity index (χ1) is 2.71. The average molecular weight is 92.1 g/mol. The smallest absolute Gasteiger partial charge is 0.254 e. The lowest BCUT2D eigenvalue weighted by molar-refractivity contribution is -0.0722. The van der Waals surface area contributed by atoms with Gasteiger partial charge in [0.25, 0.3) is 0 Å². The summed E-state index contributed by atoms with van der Waals surface area (Å²) in [6.45, 7) is 1.33. The van der Waals surface area contributed by atoms with Gasteiger partial charge in [0.2, 0.25) is 0 Å². The zero-order chi connectivity index (χ0) is 4.62. The van der Waals surface area contributed by atoms with E-state index in [0.717, 1.165) is 0 Å². The van der Waals surface area contributed by atoms with Crippen molar-refractivity contribution in [1.82, 2.24) is 5.32 Å². The lowest BCUT2D eigenvalue weighted by Crippen LogP contribution is -2.45. The van der Waals surface area contributed by atoms with Crippen LogP contribution in [0.15, 0.2) is 0 Å². The SMILES string of the molecule is FC1(F)C[CH]N1. The molecule has 0 aromatic rings.